The molecule has 0 aromatic carbocycles. The van der Waals surface area contributed by atoms with Gasteiger partial charge in [0.05, 0.1) is 0 Å². The van der Waals surface area contributed by atoms with Crippen LogP contribution in [-0.2, 0) is 0 Å². The molecule has 0 rings (SSSR count). The molecule has 0 saturated heterocycles. The predicted octanol–water partition coefficient (Wildman–Crippen LogP) is 2.16. The lowest BCUT2D eigenvalue weighted by atomic mass is 9.93. The normalized spacial score (nSPS) is 12.3. The van der Waals surface area contributed by atoms with E-state index in [0.717, 1.165) is 38.6 Å². The minimum Gasteiger partial charge on any atom is -0.357 e. The summed E-state index contributed by atoms with van der Waals surface area (Å²) in [6, 6.07) is 0. The first-order chi connectivity index (χ1) is 7.91. The highest BCUT2D eigenvalue weighted by molar-refractivity contribution is 14.0. The first kappa shape index (κ1) is 20.3. The second kappa shape index (κ2) is 10.8. The van der Waals surface area contributed by atoms with Crippen LogP contribution in [0.5, 0.6) is 0 Å². The molecule has 0 unspecified atom stereocenters. The molecule has 0 spiro atoms. The number of nitrogens with one attached hydrogen (secondary N) is 2. The molecule has 2 N–H and O–H groups in total. The Morgan fingerprint density at radius 3 is 2.22 bits per heavy atom. The Kier molecular flexibility index (Phi) is 12.2. The molecule has 18 heavy (non-hydrogen) atoms. The van der Waals surface area contributed by atoms with Gasteiger partial charge in [0.25, 0.3) is 0 Å². The van der Waals surface area contributed by atoms with Gasteiger partial charge in [0.1, 0.15) is 0 Å². The van der Waals surface area contributed by atoms with Crippen molar-refractivity contribution in [1.29, 1.82) is 0 Å². The van der Waals surface area contributed by atoms with Gasteiger partial charge in [-0.2, -0.15) is 0 Å². The Balaban J connectivity index is 0. The van der Waals surface area contributed by atoms with E-state index in [9.17, 15) is 0 Å². The Labute approximate surface area is 130 Å². The molecule has 0 amide bonds. The molecular formula is C13H31IN4. The quantitative estimate of drug-likeness (QED) is 0.410. The molecule has 110 valence electrons. The average molecular weight is 370 g/mol. The summed E-state index contributed by atoms with van der Waals surface area (Å²) < 4.78 is 0. The lowest BCUT2D eigenvalue weighted by Crippen LogP contribution is -2.39. The van der Waals surface area contributed by atoms with Crippen molar-refractivity contribution in [1.82, 2.24) is 15.5 Å². The van der Waals surface area contributed by atoms with Crippen LogP contribution in [0.4, 0.5) is 0 Å². The minimum atomic E-state index is 0. The number of nitrogens with zero attached hydrogens (tertiary/aromatic N) is 2. The summed E-state index contributed by atoms with van der Waals surface area (Å²) in [4.78, 5) is 6.85. The van der Waals surface area contributed by atoms with Gasteiger partial charge in [0.15, 0.2) is 5.96 Å². The van der Waals surface area contributed by atoms with Crippen molar-refractivity contribution in [3.05, 3.63) is 0 Å². The predicted molar refractivity (Wildman–Crippen MR) is 92.0 cm³/mol. The summed E-state index contributed by atoms with van der Waals surface area (Å²) in [5.41, 5.74) is 0.206. The van der Waals surface area contributed by atoms with Crippen molar-refractivity contribution in [3.8, 4) is 0 Å². The zero-order valence-corrected chi connectivity index (χ0v) is 15.2. The molecule has 0 aliphatic rings. The summed E-state index contributed by atoms with van der Waals surface area (Å²) in [5, 5.41) is 6.59. The third-order valence-corrected chi connectivity index (χ3v) is 2.30. The summed E-state index contributed by atoms with van der Waals surface area (Å²) in [5.74, 6) is 0.932. The van der Waals surface area contributed by atoms with E-state index in [2.05, 4.69) is 62.3 Å². The fraction of sp³-hybridized carbons (Fsp3) is 0.923. The number of aliphatic imine (C=N–C) groups is 1. The molecular weight excluding hydrogens is 339 g/mol. The maximum absolute atomic E-state index is 4.64. The van der Waals surface area contributed by atoms with E-state index in [-0.39, 0.29) is 29.4 Å². The Hall–Kier alpha value is -0.0400. The van der Waals surface area contributed by atoms with E-state index in [1.54, 1.807) is 0 Å². The van der Waals surface area contributed by atoms with E-state index >= 15 is 0 Å². The molecule has 0 atom stereocenters. The number of hydrogen-bond acceptors (Lipinski definition) is 2. The van der Waals surface area contributed by atoms with Crippen molar-refractivity contribution >= 4 is 29.9 Å². The molecule has 0 heterocycles. The molecule has 4 nitrogen and oxygen atoms in total. The Morgan fingerprint density at radius 1 is 1.17 bits per heavy atom. The van der Waals surface area contributed by atoms with Crippen molar-refractivity contribution in [3.63, 3.8) is 0 Å². The molecule has 0 aromatic rings. The molecule has 0 radical (unpaired) electrons. The van der Waals surface area contributed by atoms with Gasteiger partial charge in [-0.25, -0.2) is 0 Å². The van der Waals surface area contributed by atoms with Gasteiger partial charge < -0.3 is 15.5 Å². The third kappa shape index (κ3) is 11.1. The summed E-state index contributed by atoms with van der Waals surface area (Å²) in [7, 11) is 4.21. The van der Waals surface area contributed by atoms with Gasteiger partial charge in [-0.1, -0.05) is 20.8 Å². The van der Waals surface area contributed by atoms with Gasteiger partial charge in [-0.05, 0) is 32.9 Å². The Morgan fingerprint density at radius 2 is 1.78 bits per heavy atom. The SMILES string of the molecule is CCCNC(=NCC(C)(C)CN(C)C)NCC.I. The highest BCUT2D eigenvalue weighted by Crippen LogP contribution is 2.15. The highest BCUT2D eigenvalue weighted by Gasteiger charge is 2.18. The van der Waals surface area contributed by atoms with Crippen molar-refractivity contribution < 1.29 is 0 Å². The fourth-order valence-corrected chi connectivity index (χ4v) is 1.78. The zero-order valence-electron chi connectivity index (χ0n) is 12.8. The summed E-state index contributed by atoms with van der Waals surface area (Å²) >= 11 is 0. The smallest absolute Gasteiger partial charge is 0.191 e. The number of halogens is 1. The summed E-state index contributed by atoms with van der Waals surface area (Å²) in [6.45, 7) is 12.5. The molecule has 0 saturated carbocycles. The van der Waals surface area contributed by atoms with Gasteiger partial charge in [0, 0.05) is 26.2 Å². The van der Waals surface area contributed by atoms with Crippen LogP contribution in [-0.4, -0.2) is 51.1 Å². The minimum absolute atomic E-state index is 0. The monoisotopic (exact) mass is 370 g/mol. The lowest BCUT2D eigenvalue weighted by molar-refractivity contribution is 0.248. The third-order valence-electron chi connectivity index (χ3n) is 2.30. The molecule has 5 heteroatoms. The van der Waals surface area contributed by atoms with Gasteiger partial charge in [-0.15, -0.1) is 24.0 Å². The second-order valence-corrected chi connectivity index (χ2v) is 5.52. The van der Waals surface area contributed by atoms with E-state index in [4.69, 9.17) is 0 Å². The van der Waals surface area contributed by atoms with Crippen molar-refractivity contribution in [2.75, 3.05) is 40.3 Å². The topological polar surface area (TPSA) is 39.7 Å². The molecule has 0 bridgehead atoms. The van der Waals surface area contributed by atoms with Gasteiger partial charge in [0.2, 0.25) is 0 Å². The molecule has 0 aromatic heterocycles. The largest absolute Gasteiger partial charge is 0.357 e. The average Bonchev–Trinajstić information content (AvgIpc) is 2.20. The standard InChI is InChI=1S/C13H30N4.HI/c1-7-9-15-12(14-8-2)16-10-13(3,4)11-17(5)6;/h7-11H2,1-6H3,(H2,14,15,16);1H. The first-order valence-electron chi connectivity index (χ1n) is 6.58. The maximum Gasteiger partial charge on any atom is 0.191 e. The van der Waals surface area contributed by atoms with E-state index in [0.29, 0.717) is 0 Å². The first-order valence-corrected chi connectivity index (χ1v) is 6.58. The van der Waals surface area contributed by atoms with Crippen LogP contribution in [0.3, 0.4) is 0 Å². The number of rotatable bonds is 7. The van der Waals surface area contributed by atoms with Gasteiger partial charge in [-0.3, -0.25) is 4.99 Å². The lowest BCUT2D eigenvalue weighted by Gasteiger charge is -2.26. The maximum atomic E-state index is 4.64. The van der Waals surface area contributed by atoms with Gasteiger partial charge >= 0.3 is 0 Å². The van der Waals surface area contributed by atoms with Crippen LogP contribution in [0.2, 0.25) is 0 Å². The second-order valence-electron chi connectivity index (χ2n) is 5.52. The highest BCUT2D eigenvalue weighted by atomic mass is 127. The van der Waals surface area contributed by atoms with E-state index in [1.165, 1.54) is 0 Å². The Bertz CT molecular complexity index is 227. The van der Waals surface area contributed by atoms with Crippen LogP contribution in [0, 0.1) is 5.41 Å². The molecule has 0 aliphatic carbocycles. The van der Waals surface area contributed by atoms with E-state index < -0.39 is 0 Å². The zero-order chi connectivity index (χ0) is 13.3. The molecule has 0 aliphatic heterocycles. The van der Waals surface area contributed by atoms with Crippen molar-refractivity contribution in [2.45, 2.75) is 34.1 Å². The molecule has 0 fully saturated rings. The summed E-state index contributed by atoms with van der Waals surface area (Å²) in [6.07, 6.45) is 1.12. The number of hydrogen-bond donors (Lipinski definition) is 2. The number of guanidine groups is 1. The van der Waals surface area contributed by atoms with Crippen LogP contribution >= 0.6 is 24.0 Å². The van der Waals surface area contributed by atoms with E-state index in [1.807, 2.05) is 0 Å². The van der Waals surface area contributed by atoms with Crippen LogP contribution in [0.1, 0.15) is 34.1 Å². The van der Waals surface area contributed by atoms with Crippen molar-refractivity contribution in [2.24, 2.45) is 10.4 Å². The van der Waals surface area contributed by atoms with Crippen LogP contribution < -0.4 is 10.6 Å². The van der Waals surface area contributed by atoms with Crippen LogP contribution in [0.15, 0.2) is 4.99 Å². The fourth-order valence-electron chi connectivity index (χ4n) is 1.78. The van der Waals surface area contributed by atoms with Crippen LogP contribution in [0.25, 0.3) is 0 Å².